The lowest BCUT2D eigenvalue weighted by Crippen LogP contribution is -2.28. The third kappa shape index (κ3) is 7.70. The lowest BCUT2D eigenvalue weighted by atomic mass is 10.2. The summed E-state index contributed by atoms with van der Waals surface area (Å²) in [6.45, 7) is 6.04. The van der Waals surface area contributed by atoms with E-state index in [9.17, 15) is 9.59 Å². The Kier molecular flexibility index (Phi) is 9.07. The molecule has 1 heterocycles. The van der Waals surface area contributed by atoms with Gasteiger partial charge in [-0.3, -0.25) is 9.59 Å². The summed E-state index contributed by atoms with van der Waals surface area (Å²) < 4.78 is 10.8. The van der Waals surface area contributed by atoms with Crippen molar-refractivity contribution in [3.63, 3.8) is 0 Å². The second-order valence-corrected chi connectivity index (χ2v) is 7.11. The quantitative estimate of drug-likeness (QED) is 0.255. The monoisotopic (exact) mass is 431 g/mol. The number of aryl methyl sites for hydroxylation is 2. The molecule has 10 heteroatoms. The van der Waals surface area contributed by atoms with Crippen molar-refractivity contribution < 1.29 is 19.1 Å². The highest BCUT2D eigenvalue weighted by atomic mass is 32.2. The summed E-state index contributed by atoms with van der Waals surface area (Å²) in [5, 5.41) is 7.16. The van der Waals surface area contributed by atoms with Gasteiger partial charge in [0, 0.05) is 17.9 Å². The second kappa shape index (κ2) is 11.8. The van der Waals surface area contributed by atoms with Gasteiger partial charge in [-0.25, -0.2) is 15.4 Å². The Bertz CT molecular complexity index is 900. The first-order chi connectivity index (χ1) is 14.4. The first-order valence-electron chi connectivity index (χ1n) is 9.25. The SMILES string of the molecule is CCNC(=O)COc1ccc(/C=N/NC(=O)CSc2nc(C)cc(C)n2)cc1OC. The maximum absolute atomic E-state index is 12.0. The molecule has 1 aromatic carbocycles. The van der Waals surface area contributed by atoms with Crippen molar-refractivity contribution in [2.45, 2.75) is 25.9 Å². The normalized spacial score (nSPS) is 10.7. The Hall–Kier alpha value is -3.14. The van der Waals surface area contributed by atoms with Crippen LogP contribution in [0.3, 0.4) is 0 Å². The van der Waals surface area contributed by atoms with Crippen LogP contribution >= 0.6 is 11.8 Å². The molecule has 0 atom stereocenters. The van der Waals surface area contributed by atoms with E-state index >= 15 is 0 Å². The summed E-state index contributed by atoms with van der Waals surface area (Å²) in [5.74, 6) is 0.563. The van der Waals surface area contributed by atoms with Crippen LogP contribution in [-0.2, 0) is 9.59 Å². The van der Waals surface area contributed by atoms with Gasteiger partial charge >= 0.3 is 0 Å². The number of carbonyl (C=O) groups is 2. The summed E-state index contributed by atoms with van der Waals surface area (Å²) >= 11 is 1.24. The third-order valence-corrected chi connectivity index (χ3v) is 4.46. The highest BCUT2D eigenvalue weighted by Gasteiger charge is 2.08. The van der Waals surface area contributed by atoms with Crippen LogP contribution in [0, 0.1) is 13.8 Å². The van der Waals surface area contributed by atoms with Gasteiger partial charge in [-0.05, 0) is 50.6 Å². The molecule has 0 aliphatic rings. The van der Waals surface area contributed by atoms with Crippen LogP contribution in [0.15, 0.2) is 34.5 Å². The van der Waals surface area contributed by atoms with Crippen molar-refractivity contribution in [1.82, 2.24) is 20.7 Å². The zero-order chi connectivity index (χ0) is 21.9. The van der Waals surface area contributed by atoms with Crippen molar-refractivity contribution >= 4 is 29.8 Å². The van der Waals surface area contributed by atoms with E-state index in [1.807, 2.05) is 26.8 Å². The molecule has 2 rings (SSSR count). The second-order valence-electron chi connectivity index (χ2n) is 6.17. The molecule has 0 fully saturated rings. The standard InChI is InChI=1S/C20H25N5O4S/c1-5-21-18(26)11-29-16-7-6-15(9-17(16)28-4)10-22-25-19(27)12-30-20-23-13(2)8-14(3)24-20/h6-10H,5,11-12H2,1-4H3,(H,21,26)(H,25,27)/b22-10+. The summed E-state index contributed by atoms with van der Waals surface area (Å²) in [4.78, 5) is 32.0. The maximum atomic E-state index is 12.0. The topological polar surface area (TPSA) is 115 Å². The molecule has 160 valence electrons. The highest BCUT2D eigenvalue weighted by molar-refractivity contribution is 7.99. The van der Waals surface area contributed by atoms with Crippen LogP contribution in [-0.4, -0.2) is 54.0 Å². The molecule has 0 aliphatic carbocycles. The van der Waals surface area contributed by atoms with Gasteiger partial charge in [0.25, 0.3) is 11.8 Å². The molecular weight excluding hydrogens is 406 g/mol. The Morgan fingerprint density at radius 2 is 1.87 bits per heavy atom. The van der Waals surface area contributed by atoms with Crippen LogP contribution in [0.25, 0.3) is 0 Å². The molecule has 9 nitrogen and oxygen atoms in total. The van der Waals surface area contributed by atoms with Crippen molar-refractivity contribution in [1.29, 1.82) is 0 Å². The molecule has 0 spiro atoms. The van der Waals surface area contributed by atoms with Crippen molar-refractivity contribution in [2.24, 2.45) is 5.10 Å². The van der Waals surface area contributed by atoms with E-state index in [1.165, 1.54) is 25.1 Å². The Morgan fingerprint density at radius 3 is 2.53 bits per heavy atom. The fourth-order valence-electron chi connectivity index (χ4n) is 2.37. The fourth-order valence-corrected chi connectivity index (χ4v) is 3.12. The van der Waals surface area contributed by atoms with Gasteiger partial charge < -0.3 is 14.8 Å². The van der Waals surface area contributed by atoms with Crippen LogP contribution in [0.5, 0.6) is 11.5 Å². The number of benzene rings is 1. The molecule has 30 heavy (non-hydrogen) atoms. The van der Waals surface area contributed by atoms with Crippen molar-refractivity contribution in [2.75, 3.05) is 26.0 Å². The first-order valence-corrected chi connectivity index (χ1v) is 10.2. The van der Waals surface area contributed by atoms with Crippen LogP contribution < -0.4 is 20.2 Å². The highest BCUT2D eigenvalue weighted by Crippen LogP contribution is 2.27. The predicted molar refractivity (Wildman–Crippen MR) is 115 cm³/mol. The van der Waals surface area contributed by atoms with Gasteiger partial charge in [0.1, 0.15) is 0 Å². The van der Waals surface area contributed by atoms with Gasteiger partial charge in [0.15, 0.2) is 23.3 Å². The molecular formula is C20H25N5O4S. The van der Waals surface area contributed by atoms with E-state index < -0.39 is 0 Å². The summed E-state index contributed by atoms with van der Waals surface area (Å²) in [7, 11) is 1.50. The van der Waals surface area contributed by atoms with E-state index in [0.717, 1.165) is 11.4 Å². The zero-order valence-corrected chi connectivity index (χ0v) is 18.2. The predicted octanol–water partition coefficient (Wildman–Crippen LogP) is 1.86. The molecule has 0 aliphatic heterocycles. The maximum Gasteiger partial charge on any atom is 0.257 e. The van der Waals surface area contributed by atoms with E-state index in [0.29, 0.717) is 28.8 Å². The average Bonchev–Trinajstić information content (AvgIpc) is 2.70. The van der Waals surface area contributed by atoms with Crippen molar-refractivity contribution in [3.05, 3.63) is 41.2 Å². The number of methoxy groups -OCH3 is 1. The van der Waals surface area contributed by atoms with Crippen molar-refractivity contribution in [3.8, 4) is 11.5 Å². The number of nitrogens with zero attached hydrogens (tertiary/aromatic N) is 3. The average molecular weight is 432 g/mol. The van der Waals surface area contributed by atoms with Crippen LogP contribution in [0.2, 0.25) is 0 Å². The van der Waals surface area contributed by atoms with Gasteiger partial charge in [0.2, 0.25) is 0 Å². The molecule has 0 saturated carbocycles. The van der Waals surface area contributed by atoms with E-state index in [4.69, 9.17) is 9.47 Å². The summed E-state index contributed by atoms with van der Waals surface area (Å²) in [5.41, 5.74) is 4.88. The minimum atomic E-state index is -0.270. The number of thioether (sulfide) groups is 1. The Balaban J connectivity index is 1.87. The Labute approximate surface area is 179 Å². The van der Waals surface area contributed by atoms with E-state index in [2.05, 4.69) is 25.8 Å². The number of hydrogen-bond acceptors (Lipinski definition) is 8. The number of carbonyl (C=O) groups excluding carboxylic acids is 2. The molecule has 0 unspecified atom stereocenters. The Morgan fingerprint density at radius 1 is 1.13 bits per heavy atom. The van der Waals surface area contributed by atoms with Gasteiger partial charge in [-0.1, -0.05) is 11.8 Å². The molecule has 0 saturated heterocycles. The van der Waals surface area contributed by atoms with Gasteiger partial charge in [0.05, 0.1) is 19.1 Å². The fraction of sp³-hybridized carbons (Fsp3) is 0.350. The molecule has 0 radical (unpaired) electrons. The van der Waals surface area contributed by atoms with E-state index in [1.54, 1.807) is 18.2 Å². The summed E-state index contributed by atoms with van der Waals surface area (Å²) in [6, 6.07) is 6.98. The smallest absolute Gasteiger partial charge is 0.257 e. The molecule has 2 N–H and O–H groups in total. The number of rotatable bonds is 10. The number of ether oxygens (including phenoxy) is 2. The molecule has 2 aromatic rings. The van der Waals surface area contributed by atoms with Crippen LogP contribution in [0.1, 0.15) is 23.9 Å². The number of aromatic nitrogens is 2. The largest absolute Gasteiger partial charge is 0.493 e. The lowest BCUT2D eigenvalue weighted by Gasteiger charge is -2.11. The van der Waals surface area contributed by atoms with Crippen LogP contribution in [0.4, 0.5) is 0 Å². The van der Waals surface area contributed by atoms with Gasteiger partial charge in [-0.2, -0.15) is 5.10 Å². The summed E-state index contributed by atoms with van der Waals surface area (Å²) in [6.07, 6.45) is 1.49. The molecule has 1 aromatic heterocycles. The number of hydrogen-bond donors (Lipinski definition) is 2. The first kappa shape index (κ1) is 23.1. The minimum absolute atomic E-state index is 0.102. The van der Waals surface area contributed by atoms with Gasteiger partial charge in [-0.15, -0.1) is 0 Å². The lowest BCUT2D eigenvalue weighted by molar-refractivity contribution is -0.123. The minimum Gasteiger partial charge on any atom is -0.493 e. The number of likely N-dealkylation sites (N-methyl/N-ethyl adjacent to an activating group) is 1. The molecule has 0 bridgehead atoms. The number of hydrazone groups is 1. The van der Waals surface area contributed by atoms with E-state index in [-0.39, 0.29) is 24.2 Å². The molecule has 2 amide bonds. The number of nitrogens with one attached hydrogen (secondary N) is 2. The zero-order valence-electron chi connectivity index (χ0n) is 17.4. The third-order valence-electron chi connectivity index (χ3n) is 3.62. The number of amides is 2.